The third-order valence-electron chi connectivity index (χ3n) is 2.70. The molecule has 0 radical (unpaired) electrons. The van der Waals surface area contributed by atoms with Crippen molar-refractivity contribution in [1.82, 2.24) is 5.16 Å². The van der Waals surface area contributed by atoms with Crippen LogP contribution in [0.2, 0.25) is 0 Å². The number of hydrogen-bond donors (Lipinski definition) is 1. The average molecular weight is 294 g/mol. The predicted molar refractivity (Wildman–Crippen MR) is 77.1 cm³/mol. The molecule has 1 aromatic carbocycles. The molecule has 0 aliphatic heterocycles. The molecule has 0 saturated carbocycles. The van der Waals surface area contributed by atoms with Gasteiger partial charge in [-0.15, -0.1) is 11.8 Å². The van der Waals surface area contributed by atoms with Gasteiger partial charge in [0, 0.05) is 16.9 Å². The Kier molecular flexibility index (Phi) is 4.79. The first-order valence-corrected chi connectivity index (χ1v) is 7.20. The first kappa shape index (κ1) is 14.6. The zero-order chi connectivity index (χ0) is 14.5. The van der Waals surface area contributed by atoms with Crippen molar-refractivity contribution in [2.24, 2.45) is 0 Å². The molecule has 0 bridgehead atoms. The van der Waals surface area contributed by atoms with Gasteiger partial charge in [-0.25, -0.2) is 4.39 Å². The van der Waals surface area contributed by atoms with Crippen LogP contribution in [0.15, 0.2) is 34.9 Å². The first-order chi connectivity index (χ1) is 9.56. The standard InChI is InChI=1S/C14H15FN2O2S/c1-9-7-13(17-19-9)16-14(18)8-20-10(2)11-5-3-4-6-12(11)15/h3-7,10H,8H2,1-2H3,(H,16,17,18)/t10-/m0/s1. The number of rotatable bonds is 5. The molecule has 6 heteroatoms. The largest absolute Gasteiger partial charge is 0.360 e. The van der Waals surface area contributed by atoms with Crippen molar-refractivity contribution in [3.05, 3.63) is 47.5 Å². The zero-order valence-corrected chi connectivity index (χ0v) is 12.0. The number of thioether (sulfide) groups is 1. The minimum Gasteiger partial charge on any atom is -0.360 e. The molecule has 1 heterocycles. The SMILES string of the molecule is Cc1cc(NC(=O)CS[C@@H](C)c2ccccc2F)no1. The molecular formula is C14H15FN2O2S. The van der Waals surface area contributed by atoms with Crippen molar-refractivity contribution in [2.45, 2.75) is 19.1 Å². The van der Waals surface area contributed by atoms with Gasteiger partial charge in [0.1, 0.15) is 11.6 Å². The number of hydrogen-bond acceptors (Lipinski definition) is 4. The Labute approximate surface area is 120 Å². The number of aromatic nitrogens is 1. The maximum atomic E-state index is 13.6. The number of aryl methyl sites for hydroxylation is 1. The number of carbonyl (C=O) groups is 1. The van der Waals surface area contributed by atoms with Crippen molar-refractivity contribution >= 4 is 23.5 Å². The quantitative estimate of drug-likeness (QED) is 0.916. The minimum absolute atomic E-state index is 0.0963. The summed E-state index contributed by atoms with van der Waals surface area (Å²) in [6, 6.07) is 8.23. The van der Waals surface area contributed by atoms with Crippen LogP contribution < -0.4 is 5.32 Å². The highest BCUT2D eigenvalue weighted by Gasteiger charge is 2.13. The molecule has 1 atom stereocenters. The number of nitrogens with one attached hydrogen (secondary N) is 1. The van der Waals surface area contributed by atoms with E-state index in [-0.39, 0.29) is 22.7 Å². The molecule has 0 saturated heterocycles. The van der Waals surface area contributed by atoms with Gasteiger partial charge >= 0.3 is 0 Å². The minimum atomic E-state index is -0.250. The van der Waals surface area contributed by atoms with Crippen molar-refractivity contribution in [3.63, 3.8) is 0 Å². The Hall–Kier alpha value is -1.82. The summed E-state index contributed by atoms with van der Waals surface area (Å²) in [5.74, 6) is 0.812. The van der Waals surface area contributed by atoms with Crippen molar-refractivity contribution < 1.29 is 13.7 Å². The maximum absolute atomic E-state index is 13.6. The number of halogens is 1. The van der Waals surface area contributed by atoms with Crippen LogP contribution in [0.5, 0.6) is 0 Å². The second-order valence-electron chi connectivity index (χ2n) is 4.35. The van der Waals surface area contributed by atoms with Crippen LogP contribution in [0.3, 0.4) is 0 Å². The molecule has 106 valence electrons. The fourth-order valence-electron chi connectivity index (χ4n) is 1.70. The summed E-state index contributed by atoms with van der Waals surface area (Å²) in [6.07, 6.45) is 0. The van der Waals surface area contributed by atoms with E-state index in [1.54, 1.807) is 31.2 Å². The van der Waals surface area contributed by atoms with Crippen LogP contribution in [0.1, 0.15) is 23.5 Å². The van der Waals surface area contributed by atoms with Crippen LogP contribution in [-0.4, -0.2) is 16.8 Å². The van der Waals surface area contributed by atoms with Gasteiger partial charge < -0.3 is 9.84 Å². The Bertz CT molecular complexity index is 600. The molecule has 4 nitrogen and oxygen atoms in total. The molecule has 0 unspecified atom stereocenters. The van der Waals surface area contributed by atoms with E-state index in [0.717, 1.165) is 0 Å². The highest BCUT2D eigenvalue weighted by atomic mass is 32.2. The first-order valence-electron chi connectivity index (χ1n) is 6.15. The Balaban J connectivity index is 1.85. The number of amides is 1. The molecule has 0 aliphatic rings. The van der Waals surface area contributed by atoms with Crippen LogP contribution in [0.4, 0.5) is 10.2 Å². The van der Waals surface area contributed by atoms with Crippen LogP contribution in [-0.2, 0) is 4.79 Å². The third kappa shape index (κ3) is 3.84. The van der Waals surface area contributed by atoms with E-state index >= 15 is 0 Å². The topological polar surface area (TPSA) is 55.1 Å². The molecule has 0 aliphatic carbocycles. The number of anilines is 1. The van der Waals surface area contributed by atoms with Crippen LogP contribution >= 0.6 is 11.8 Å². The molecule has 0 fully saturated rings. The van der Waals surface area contributed by atoms with E-state index in [9.17, 15) is 9.18 Å². The van der Waals surface area contributed by atoms with Gasteiger partial charge in [-0.2, -0.15) is 0 Å². The molecular weight excluding hydrogens is 279 g/mol. The maximum Gasteiger partial charge on any atom is 0.235 e. The molecule has 1 N–H and O–H groups in total. The van der Waals surface area contributed by atoms with E-state index in [4.69, 9.17) is 4.52 Å². The van der Waals surface area contributed by atoms with E-state index < -0.39 is 0 Å². The van der Waals surface area contributed by atoms with E-state index in [2.05, 4.69) is 10.5 Å². The van der Waals surface area contributed by atoms with E-state index in [1.165, 1.54) is 17.8 Å². The molecule has 1 aromatic heterocycles. The number of nitrogens with zero attached hydrogens (tertiary/aromatic N) is 1. The summed E-state index contributed by atoms with van der Waals surface area (Å²) in [7, 11) is 0. The molecule has 1 amide bonds. The van der Waals surface area contributed by atoms with Gasteiger partial charge in [0.2, 0.25) is 5.91 Å². The van der Waals surface area contributed by atoms with Gasteiger partial charge in [0.25, 0.3) is 0 Å². The lowest BCUT2D eigenvalue weighted by molar-refractivity contribution is -0.113. The van der Waals surface area contributed by atoms with Gasteiger partial charge in [-0.1, -0.05) is 23.4 Å². The lowest BCUT2D eigenvalue weighted by Gasteiger charge is -2.11. The van der Waals surface area contributed by atoms with Gasteiger partial charge in [0.15, 0.2) is 5.82 Å². The van der Waals surface area contributed by atoms with Crippen LogP contribution in [0, 0.1) is 12.7 Å². The Morgan fingerprint density at radius 3 is 2.90 bits per heavy atom. The predicted octanol–water partition coefficient (Wildman–Crippen LogP) is 3.56. The van der Waals surface area contributed by atoms with Crippen molar-refractivity contribution in [3.8, 4) is 0 Å². The summed E-state index contributed by atoms with van der Waals surface area (Å²) in [5.41, 5.74) is 0.600. The summed E-state index contributed by atoms with van der Waals surface area (Å²) in [4.78, 5) is 11.7. The monoisotopic (exact) mass is 294 g/mol. The lowest BCUT2D eigenvalue weighted by Crippen LogP contribution is -2.15. The van der Waals surface area contributed by atoms with E-state index in [0.29, 0.717) is 17.1 Å². The van der Waals surface area contributed by atoms with Gasteiger partial charge in [-0.05, 0) is 19.9 Å². The third-order valence-corrected chi connectivity index (χ3v) is 3.89. The van der Waals surface area contributed by atoms with Crippen LogP contribution in [0.25, 0.3) is 0 Å². The summed E-state index contributed by atoms with van der Waals surface area (Å²) < 4.78 is 18.4. The van der Waals surface area contributed by atoms with Crippen molar-refractivity contribution in [1.29, 1.82) is 0 Å². The molecule has 20 heavy (non-hydrogen) atoms. The highest BCUT2D eigenvalue weighted by Crippen LogP contribution is 2.29. The lowest BCUT2D eigenvalue weighted by atomic mass is 10.1. The Morgan fingerprint density at radius 2 is 2.25 bits per heavy atom. The fourth-order valence-corrected chi connectivity index (χ4v) is 2.54. The fraction of sp³-hybridized carbons (Fsp3) is 0.286. The van der Waals surface area contributed by atoms with Crippen molar-refractivity contribution in [2.75, 3.05) is 11.1 Å². The number of carbonyl (C=O) groups excluding carboxylic acids is 1. The van der Waals surface area contributed by atoms with Gasteiger partial charge in [0.05, 0.1) is 5.75 Å². The second kappa shape index (κ2) is 6.56. The smallest absolute Gasteiger partial charge is 0.235 e. The molecule has 0 spiro atoms. The molecule has 2 aromatic rings. The molecule has 2 rings (SSSR count). The van der Waals surface area contributed by atoms with E-state index in [1.807, 2.05) is 6.92 Å². The second-order valence-corrected chi connectivity index (χ2v) is 5.67. The summed E-state index contributed by atoms with van der Waals surface area (Å²) >= 11 is 1.37. The zero-order valence-electron chi connectivity index (χ0n) is 11.2. The average Bonchev–Trinajstić information content (AvgIpc) is 2.82. The van der Waals surface area contributed by atoms with Gasteiger partial charge in [-0.3, -0.25) is 4.79 Å². The highest BCUT2D eigenvalue weighted by molar-refractivity contribution is 8.00. The summed E-state index contributed by atoms with van der Waals surface area (Å²) in [6.45, 7) is 3.62. The number of benzene rings is 1. The summed E-state index contributed by atoms with van der Waals surface area (Å²) in [5, 5.41) is 6.21. The normalized spacial score (nSPS) is 12.2. The Morgan fingerprint density at radius 1 is 1.50 bits per heavy atom.